The van der Waals surface area contributed by atoms with Crippen molar-refractivity contribution in [3.8, 4) is 16.6 Å². The summed E-state index contributed by atoms with van der Waals surface area (Å²) in [5.41, 5.74) is 1.96. The fourth-order valence-electron chi connectivity index (χ4n) is 5.27. The van der Waals surface area contributed by atoms with Crippen LogP contribution in [-0.4, -0.2) is 86.0 Å². The van der Waals surface area contributed by atoms with Gasteiger partial charge in [-0.25, -0.2) is 4.79 Å². The molecule has 1 aromatic carbocycles. The average Bonchev–Trinajstić information content (AvgIpc) is 3.66. The topological polar surface area (TPSA) is 126 Å². The van der Waals surface area contributed by atoms with Crippen molar-refractivity contribution >= 4 is 46.0 Å². The lowest BCUT2D eigenvalue weighted by Gasteiger charge is -2.35. The lowest BCUT2D eigenvalue weighted by molar-refractivity contribution is 0.00601. The van der Waals surface area contributed by atoms with Gasteiger partial charge in [-0.1, -0.05) is 22.8 Å². The van der Waals surface area contributed by atoms with Crippen molar-refractivity contribution in [2.24, 2.45) is 0 Å². The highest BCUT2D eigenvalue weighted by atomic mass is 35.5. The van der Waals surface area contributed by atoms with Crippen LogP contribution >= 0.6 is 22.9 Å². The van der Waals surface area contributed by atoms with Crippen LogP contribution in [0.2, 0.25) is 4.34 Å². The number of fused-ring (bicyclic) bond motifs is 1. The van der Waals surface area contributed by atoms with Crippen LogP contribution in [0.5, 0.6) is 6.01 Å². The molecule has 2 aliphatic rings. The molecule has 5 heterocycles. The zero-order valence-electron chi connectivity index (χ0n) is 22.7. The number of aliphatic hydroxyl groups is 1. The Bertz CT molecular complexity index is 1570. The first-order valence-electron chi connectivity index (χ1n) is 13.7. The number of ether oxygens (including phenoxy) is 1. The molecule has 0 aliphatic carbocycles. The Morgan fingerprint density at radius 3 is 2.68 bits per heavy atom. The van der Waals surface area contributed by atoms with Crippen molar-refractivity contribution < 1.29 is 24.0 Å². The molecule has 0 spiro atoms. The van der Waals surface area contributed by atoms with E-state index in [0.29, 0.717) is 38.4 Å². The lowest BCUT2D eigenvalue weighted by Crippen LogP contribution is -2.53. The van der Waals surface area contributed by atoms with Gasteiger partial charge in [-0.15, -0.1) is 11.3 Å². The third-order valence-electron chi connectivity index (χ3n) is 7.58. The van der Waals surface area contributed by atoms with Crippen molar-refractivity contribution in [3.63, 3.8) is 0 Å². The molecule has 11 nitrogen and oxygen atoms in total. The van der Waals surface area contributed by atoms with Crippen LogP contribution in [0.4, 0.5) is 4.79 Å². The van der Waals surface area contributed by atoms with Crippen LogP contribution in [-0.2, 0) is 6.54 Å². The first-order valence-corrected chi connectivity index (χ1v) is 14.8. The Labute approximate surface area is 245 Å². The standard InChI is InChI=1S/C28H31ClN6O5S/c1-16(2)33-10-8-17(9-11-33)30-28(38)39-27-31-25-20(26(37)34-14-19(36)15-34)4-3-5-21(25)35(27)13-18-12-22(40-32-18)23-6-7-24(29)41-23/h3-7,12,16-17,19,36H,8-11,13-15H2,1-2H3,(H,30,38). The number of thiophene rings is 1. The number of benzene rings is 1. The third kappa shape index (κ3) is 5.82. The molecule has 2 aliphatic heterocycles. The number of para-hydroxylation sites is 1. The van der Waals surface area contributed by atoms with E-state index in [9.17, 15) is 14.7 Å². The minimum atomic E-state index is -0.600. The maximum atomic E-state index is 13.2. The molecule has 2 amide bonds. The molecule has 3 aromatic heterocycles. The number of hydrogen-bond acceptors (Lipinski definition) is 9. The normalized spacial score (nSPS) is 16.9. The third-order valence-corrected chi connectivity index (χ3v) is 8.83. The van der Waals surface area contributed by atoms with E-state index in [-0.39, 0.29) is 37.6 Å². The number of aromatic nitrogens is 3. The van der Waals surface area contributed by atoms with Gasteiger partial charge in [-0.2, -0.15) is 4.98 Å². The largest absolute Gasteiger partial charge is 0.415 e. The number of carbonyl (C=O) groups excluding carboxylic acids is 2. The van der Waals surface area contributed by atoms with Gasteiger partial charge in [0.05, 0.1) is 32.9 Å². The van der Waals surface area contributed by atoms with Crippen LogP contribution in [0, 0.1) is 0 Å². The van der Waals surface area contributed by atoms with Gasteiger partial charge in [-0.3, -0.25) is 9.36 Å². The highest BCUT2D eigenvalue weighted by Crippen LogP contribution is 2.32. The van der Waals surface area contributed by atoms with Gasteiger partial charge in [-0.05, 0) is 51.0 Å². The maximum Gasteiger partial charge on any atom is 0.415 e. The summed E-state index contributed by atoms with van der Waals surface area (Å²) in [6.45, 7) is 6.88. The molecule has 41 heavy (non-hydrogen) atoms. The molecule has 0 radical (unpaired) electrons. The van der Waals surface area contributed by atoms with E-state index in [1.807, 2.05) is 12.1 Å². The van der Waals surface area contributed by atoms with E-state index in [1.54, 1.807) is 33.7 Å². The summed E-state index contributed by atoms with van der Waals surface area (Å²) in [5, 5.41) is 16.9. The van der Waals surface area contributed by atoms with Crippen molar-refractivity contribution in [2.75, 3.05) is 26.2 Å². The molecular formula is C28H31ClN6O5S. The average molecular weight is 599 g/mol. The number of imidazole rings is 1. The Kier molecular flexibility index (Phi) is 7.73. The number of halogens is 1. The Hall–Kier alpha value is -3.45. The molecule has 0 unspecified atom stereocenters. The van der Waals surface area contributed by atoms with Gasteiger partial charge in [0, 0.05) is 44.3 Å². The molecule has 2 N–H and O–H groups in total. The highest BCUT2D eigenvalue weighted by Gasteiger charge is 2.32. The molecule has 2 fully saturated rings. The Balaban J connectivity index is 1.27. The van der Waals surface area contributed by atoms with Crippen LogP contribution < -0.4 is 10.1 Å². The number of hydrogen-bond donors (Lipinski definition) is 2. The van der Waals surface area contributed by atoms with Gasteiger partial charge < -0.3 is 29.5 Å². The fourth-order valence-corrected chi connectivity index (χ4v) is 6.26. The number of nitrogens with zero attached hydrogens (tertiary/aromatic N) is 5. The molecule has 0 atom stereocenters. The predicted octanol–water partition coefficient (Wildman–Crippen LogP) is 4.23. The van der Waals surface area contributed by atoms with Crippen LogP contribution in [0.1, 0.15) is 42.7 Å². The van der Waals surface area contributed by atoms with E-state index in [2.05, 4.69) is 34.2 Å². The first-order chi connectivity index (χ1) is 19.7. The maximum absolute atomic E-state index is 13.2. The summed E-state index contributed by atoms with van der Waals surface area (Å²) in [4.78, 5) is 35.6. The van der Waals surface area contributed by atoms with E-state index in [0.717, 1.165) is 30.8 Å². The molecule has 216 valence electrons. The molecule has 0 saturated carbocycles. The molecule has 2 saturated heterocycles. The van der Waals surface area contributed by atoms with E-state index < -0.39 is 12.2 Å². The molecule has 13 heteroatoms. The number of piperidine rings is 1. The number of carbonyl (C=O) groups is 2. The summed E-state index contributed by atoms with van der Waals surface area (Å²) < 4.78 is 13.7. The van der Waals surface area contributed by atoms with Crippen LogP contribution in [0.3, 0.4) is 0 Å². The number of nitrogens with one attached hydrogen (secondary N) is 1. The number of aliphatic hydroxyl groups excluding tert-OH is 1. The molecular weight excluding hydrogens is 568 g/mol. The van der Waals surface area contributed by atoms with Crippen molar-refractivity contribution in [1.82, 2.24) is 29.8 Å². The Morgan fingerprint density at radius 2 is 2.00 bits per heavy atom. The number of amides is 2. The van der Waals surface area contributed by atoms with E-state index in [4.69, 9.17) is 20.9 Å². The zero-order valence-corrected chi connectivity index (χ0v) is 24.3. The Morgan fingerprint density at radius 1 is 1.22 bits per heavy atom. The fraction of sp³-hybridized carbons (Fsp3) is 0.429. The minimum Gasteiger partial charge on any atom is -0.389 e. The number of β-amino-alcohol motifs (C(OH)–C–C–N with tert-alkyl or cyclic N) is 1. The van der Waals surface area contributed by atoms with Gasteiger partial charge >= 0.3 is 12.1 Å². The first kappa shape index (κ1) is 27.7. The quantitative estimate of drug-likeness (QED) is 0.324. The smallest absolute Gasteiger partial charge is 0.389 e. The summed E-state index contributed by atoms with van der Waals surface area (Å²) in [6.07, 6.45) is 0.541. The van der Waals surface area contributed by atoms with Crippen molar-refractivity contribution in [2.45, 2.75) is 51.4 Å². The highest BCUT2D eigenvalue weighted by molar-refractivity contribution is 7.19. The zero-order chi connectivity index (χ0) is 28.7. The second-order valence-corrected chi connectivity index (χ2v) is 12.5. The van der Waals surface area contributed by atoms with E-state index >= 15 is 0 Å². The molecule has 4 aromatic rings. The second kappa shape index (κ2) is 11.4. The van der Waals surface area contributed by atoms with Gasteiger partial charge in [0.15, 0.2) is 5.76 Å². The predicted molar refractivity (Wildman–Crippen MR) is 154 cm³/mol. The van der Waals surface area contributed by atoms with Crippen LogP contribution in [0.15, 0.2) is 40.9 Å². The van der Waals surface area contributed by atoms with Gasteiger partial charge in [0.2, 0.25) is 0 Å². The minimum absolute atomic E-state index is 0.000953. The number of rotatable bonds is 7. The monoisotopic (exact) mass is 598 g/mol. The molecule has 0 bridgehead atoms. The van der Waals surface area contributed by atoms with Crippen molar-refractivity contribution in [1.29, 1.82) is 0 Å². The van der Waals surface area contributed by atoms with Crippen molar-refractivity contribution in [3.05, 3.63) is 52.0 Å². The van der Waals surface area contributed by atoms with Gasteiger partial charge in [0.1, 0.15) is 11.2 Å². The lowest BCUT2D eigenvalue weighted by atomic mass is 10.0. The van der Waals surface area contributed by atoms with E-state index in [1.165, 1.54) is 11.3 Å². The number of likely N-dealkylation sites (tertiary alicyclic amines) is 2. The summed E-state index contributed by atoms with van der Waals surface area (Å²) in [5.74, 6) is 0.332. The summed E-state index contributed by atoms with van der Waals surface area (Å²) in [7, 11) is 0. The summed E-state index contributed by atoms with van der Waals surface area (Å²) >= 11 is 7.47. The SMILES string of the molecule is CC(C)N1CCC(NC(=O)Oc2nc3c(C(=O)N4CC(O)C4)cccc3n2Cc2cc(-c3ccc(Cl)s3)on2)CC1. The van der Waals surface area contributed by atoms with Gasteiger partial charge in [0.25, 0.3) is 5.91 Å². The second-order valence-electron chi connectivity index (χ2n) is 10.7. The molecule has 6 rings (SSSR count). The summed E-state index contributed by atoms with van der Waals surface area (Å²) in [6, 6.07) is 11.2. The van der Waals surface area contributed by atoms with Crippen LogP contribution in [0.25, 0.3) is 21.7 Å².